The molecule has 1 amide bonds. The third-order valence-electron chi connectivity index (χ3n) is 4.85. The molecule has 0 saturated carbocycles. The molecule has 6 nitrogen and oxygen atoms in total. The maximum Gasteiger partial charge on any atom is 0.220 e. The van der Waals surface area contributed by atoms with E-state index in [0.717, 1.165) is 19.4 Å². The molecular weight excluding hydrogens is 352 g/mol. The number of benzene rings is 1. The Morgan fingerprint density at radius 1 is 1.35 bits per heavy atom. The maximum atomic E-state index is 12.1. The number of hydrogen-bond donors (Lipinski definition) is 1. The summed E-state index contributed by atoms with van der Waals surface area (Å²) >= 11 is 0. The van der Waals surface area contributed by atoms with E-state index < -0.39 is 9.84 Å². The molecule has 26 heavy (non-hydrogen) atoms. The lowest BCUT2D eigenvalue weighted by atomic mass is 10.1. The molecule has 0 spiro atoms. The summed E-state index contributed by atoms with van der Waals surface area (Å²) in [6, 6.07) is 8.04. The van der Waals surface area contributed by atoms with Gasteiger partial charge in [-0.05, 0) is 30.9 Å². The van der Waals surface area contributed by atoms with Crippen LogP contribution in [0.5, 0.6) is 0 Å². The van der Waals surface area contributed by atoms with Gasteiger partial charge in [0.05, 0.1) is 18.1 Å². The molecule has 0 aliphatic carbocycles. The summed E-state index contributed by atoms with van der Waals surface area (Å²) in [6.07, 6.45) is 4.64. The third kappa shape index (κ3) is 4.65. The predicted octanol–water partition coefficient (Wildman–Crippen LogP) is 1.91. The molecule has 0 unspecified atom stereocenters. The number of carbonyl (C=O) groups excluding carboxylic acids is 1. The first-order chi connectivity index (χ1) is 12.5. The third-order valence-corrected chi connectivity index (χ3v) is 6.62. The monoisotopic (exact) mass is 378 g/mol. The van der Waals surface area contributed by atoms with Crippen LogP contribution in [0.3, 0.4) is 0 Å². The number of carbonyl (C=O) groups is 1. The van der Waals surface area contributed by atoms with E-state index in [4.69, 9.17) is 4.74 Å². The lowest BCUT2D eigenvalue weighted by molar-refractivity contribution is -0.121. The van der Waals surface area contributed by atoms with Gasteiger partial charge in [-0.25, -0.2) is 8.42 Å². The van der Waals surface area contributed by atoms with Crippen molar-refractivity contribution in [3.63, 3.8) is 0 Å². The quantitative estimate of drug-likeness (QED) is 0.761. The fourth-order valence-corrected chi connectivity index (χ4v) is 5.22. The summed E-state index contributed by atoms with van der Waals surface area (Å²) in [5, 5.41) is 4.06. The number of nitrogens with zero attached hydrogens (tertiary/aromatic N) is 1. The van der Waals surface area contributed by atoms with Crippen LogP contribution >= 0.6 is 0 Å². The standard InChI is InChI=1S/C19H26N2O4S/c1-25-11-10-21-13-15(17-6-2-3-7-18(17)21)5-4-8-19(22)20-16-9-12-26(23,24)14-16/h2-3,6-7,13,16H,4-5,8-12,14H2,1H3,(H,20,22)/t16-/m0/s1. The molecule has 1 fully saturated rings. The number of rotatable bonds is 8. The topological polar surface area (TPSA) is 77.4 Å². The van der Waals surface area contributed by atoms with E-state index >= 15 is 0 Å². The van der Waals surface area contributed by atoms with Crippen LogP contribution < -0.4 is 5.32 Å². The van der Waals surface area contributed by atoms with Gasteiger partial charge in [0.1, 0.15) is 0 Å². The number of ether oxygens (including phenoxy) is 1. The van der Waals surface area contributed by atoms with Crippen LogP contribution in [0.4, 0.5) is 0 Å². The Balaban J connectivity index is 1.55. The summed E-state index contributed by atoms with van der Waals surface area (Å²) in [6.45, 7) is 1.46. The smallest absolute Gasteiger partial charge is 0.220 e. The second kappa shape index (κ2) is 8.22. The molecule has 1 aliphatic rings. The lowest BCUT2D eigenvalue weighted by Gasteiger charge is -2.10. The highest BCUT2D eigenvalue weighted by Gasteiger charge is 2.28. The highest BCUT2D eigenvalue weighted by atomic mass is 32.2. The molecule has 3 rings (SSSR count). The molecule has 1 saturated heterocycles. The summed E-state index contributed by atoms with van der Waals surface area (Å²) in [5.74, 6) is 0.195. The van der Waals surface area contributed by atoms with Crippen molar-refractivity contribution in [3.05, 3.63) is 36.0 Å². The molecule has 1 N–H and O–H groups in total. The number of nitrogens with one attached hydrogen (secondary N) is 1. The van der Waals surface area contributed by atoms with Gasteiger partial charge in [0.2, 0.25) is 5.91 Å². The number of amides is 1. The summed E-state index contributed by atoms with van der Waals surface area (Å²) < 4.78 is 30.3. The first kappa shape index (κ1) is 18.9. The molecule has 2 aromatic rings. The second-order valence-corrected chi connectivity index (χ2v) is 9.11. The number of fused-ring (bicyclic) bond motifs is 1. The summed E-state index contributed by atoms with van der Waals surface area (Å²) in [7, 11) is -1.27. The molecule has 142 valence electrons. The largest absolute Gasteiger partial charge is 0.383 e. The zero-order valence-electron chi connectivity index (χ0n) is 15.1. The number of methoxy groups -OCH3 is 1. The van der Waals surface area contributed by atoms with Crippen LogP contribution in [-0.2, 0) is 32.3 Å². The van der Waals surface area contributed by atoms with Gasteiger partial charge in [-0.2, -0.15) is 0 Å². The van der Waals surface area contributed by atoms with E-state index in [0.29, 0.717) is 19.4 Å². The molecular formula is C19H26N2O4S. The Morgan fingerprint density at radius 2 is 2.15 bits per heavy atom. The van der Waals surface area contributed by atoms with Crippen LogP contribution in [0.25, 0.3) is 10.9 Å². The Labute approximate surface area is 154 Å². The van der Waals surface area contributed by atoms with E-state index in [1.807, 2.05) is 12.1 Å². The number of aromatic nitrogens is 1. The SMILES string of the molecule is COCCn1cc(CCCC(=O)N[C@H]2CCS(=O)(=O)C2)c2ccccc21. The van der Waals surface area contributed by atoms with Crippen LogP contribution in [0.2, 0.25) is 0 Å². The molecule has 2 heterocycles. The van der Waals surface area contributed by atoms with Gasteiger partial charge in [0.25, 0.3) is 0 Å². The van der Waals surface area contributed by atoms with Crippen molar-refractivity contribution in [2.24, 2.45) is 0 Å². The predicted molar refractivity (Wildman–Crippen MR) is 102 cm³/mol. The fraction of sp³-hybridized carbons (Fsp3) is 0.526. The number of aryl methyl sites for hydroxylation is 1. The van der Waals surface area contributed by atoms with Crippen molar-refractivity contribution in [2.45, 2.75) is 38.3 Å². The van der Waals surface area contributed by atoms with Crippen molar-refractivity contribution in [3.8, 4) is 0 Å². The highest BCUT2D eigenvalue weighted by Crippen LogP contribution is 2.23. The van der Waals surface area contributed by atoms with E-state index in [-0.39, 0.29) is 23.5 Å². The normalized spacial score (nSPS) is 19.0. The van der Waals surface area contributed by atoms with Crippen molar-refractivity contribution in [1.29, 1.82) is 0 Å². The Kier molecular flexibility index (Phi) is 5.98. The van der Waals surface area contributed by atoms with Crippen molar-refractivity contribution in [1.82, 2.24) is 9.88 Å². The molecule has 7 heteroatoms. The maximum absolute atomic E-state index is 12.1. The first-order valence-corrected chi connectivity index (χ1v) is 10.9. The van der Waals surface area contributed by atoms with Gasteiger partial charge in [-0.1, -0.05) is 18.2 Å². The van der Waals surface area contributed by atoms with Gasteiger partial charge in [0.15, 0.2) is 9.84 Å². The van der Waals surface area contributed by atoms with Gasteiger partial charge in [-0.15, -0.1) is 0 Å². The Bertz CT molecular complexity index is 873. The number of hydrogen-bond acceptors (Lipinski definition) is 4. The van der Waals surface area contributed by atoms with Gasteiger partial charge < -0.3 is 14.6 Å². The van der Waals surface area contributed by atoms with Crippen molar-refractivity contribution >= 4 is 26.6 Å². The minimum atomic E-state index is -2.96. The van der Waals surface area contributed by atoms with Gasteiger partial charge >= 0.3 is 0 Å². The van der Waals surface area contributed by atoms with Crippen molar-refractivity contribution < 1.29 is 17.9 Å². The van der Waals surface area contributed by atoms with Crippen LogP contribution in [-0.4, -0.2) is 50.2 Å². The Hall–Kier alpha value is -1.86. The highest BCUT2D eigenvalue weighted by molar-refractivity contribution is 7.91. The average Bonchev–Trinajstić information content (AvgIpc) is 3.13. The molecule has 1 aliphatic heterocycles. The van der Waals surface area contributed by atoms with E-state index in [1.54, 1.807) is 7.11 Å². The van der Waals surface area contributed by atoms with E-state index in [2.05, 4.69) is 28.2 Å². The minimum absolute atomic E-state index is 0.0600. The lowest BCUT2D eigenvalue weighted by Crippen LogP contribution is -2.35. The van der Waals surface area contributed by atoms with Crippen LogP contribution in [0.1, 0.15) is 24.8 Å². The molecule has 1 aromatic heterocycles. The Morgan fingerprint density at radius 3 is 2.88 bits per heavy atom. The zero-order valence-corrected chi connectivity index (χ0v) is 15.9. The molecule has 1 atom stereocenters. The van der Waals surface area contributed by atoms with Crippen LogP contribution in [0, 0.1) is 0 Å². The first-order valence-electron chi connectivity index (χ1n) is 9.04. The van der Waals surface area contributed by atoms with Gasteiger partial charge in [-0.3, -0.25) is 4.79 Å². The summed E-state index contributed by atoms with van der Waals surface area (Å²) in [5.41, 5.74) is 2.41. The van der Waals surface area contributed by atoms with Crippen LogP contribution in [0.15, 0.2) is 30.5 Å². The van der Waals surface area contributed by atoms with Crippen molar-refractivity contribution in [2.75, 3.05) is 25.2 Å². The second-order valence-electron chi connectivity index (χ2n) is 6.88. The molecule has 0 radical (unpaired) electrons. The molecule has 1 aromatic carbocycles. The molecule has 0 bridgehead atoms. The summed E-state index contributed by atoms with van der Waals surface area (Å²) in [4.78, 5) is 12.1. The number of sulfone groups is 1. The average molecular weight is 378 g/mol. The minimum Gasteiger partial charge on any atom is -0.383 e. The van der Waals surface area contributed by atoms with Gasteiger partial charge in [0, 0.05) is 43.2 Å². The zero-order chi connectivity index (χ0) is 18.6. The van der Waals surface area contributed by atoms with E-state index in [9.17, 15) is 13.2 Å². The number of para-hydroxylation sites is 1. The fourth-order valence-electron chi connectivity index (χ4n) is 3.54. The van der Waals surface area contributed by atoms with E-state index in [1.165, 1.54) is 16.5 Å².